The third-order valence-corrected chi connectivity index (χ3v) is 4.94. The third kappa shape index (κ3) is 4.27. The lowest BCUT2D eigenvalue weighted by molar-refractivity contribution is -0.129. The lowest BCUT2D eigenvalue weighted by Crippen LogP contribution is -2.36. The summed E-state index contributed by atoms with van der Waals surface area (Å²) < 4.78 is 16.0. The molecule has 1 aliphatic heterocycles. The van der Waals surface area contributed by atoms with Crippen molar-refractivity contribution in [1.82, 2.24) is 4.90 Å². The van der Waals surface area contributed by atoms with Crippen molar-refractivity contribution in [2.24, 2.45) is 0 Å². The predicted octanol–water partition coefficient (Wildman–Crippen LogP) is 3.79. The number of aryl methyl sites for hydroxylation is 1. The maximum atomic E-state index is 13.2. The van der Waals surface area contributed by atoms with Crippen molar-refractivity contribution in [3.63, 3.8) is 0 Å². The minimum absolute atomic E-state index is 0.227. The molecule has 0 aliphatic carbocycles. The molecule has 0 bridgehead atoms. The largest absolute Gasteiger partial charge is 0.496 e. The Balaban J connectivity index is 1.88. The van der Waals surface area contributed by atoms with Crippen molar-refractivity contribution in [1.29, 1.82) is 0 Å². The fraction of sp³-hybridized carbons (Fsp3) is 0.364. The number of methoxy groups -OCH3 is 2. The number of ether oxygens (including phenoxy) is 3. The lowest BCUT2D eigenvalue weighted by atomic mass is 9.89. The summed E-state index contributed by atoms with van der Waals surface area (Å²) in [6, 6.07) is 15.5. The van der Waals surface area contributed by atoms with E-state index >= 15 is 0 Å². The van der Waals surface area contributed by atoms with E-state index in [1.54, 1.807) is 26.4 Å². The van der Waals surface area contributed by atoms with E-state index in [1.165, 1.54) is 10.5 Å². The van der Waals surface area contributed by atoms with Crippen LogP contribution in [0.4, 0.5) is 4.79 Å². The molecule has 6 nitrogen and oxygen atoms in total. The van der Waals surface area contributed by atoms with Crippen molar-refractivity contribution in [3.05, 3.63) is 59.7 Å². The molecule has 1 aliphatic rings. The first-order valence-electron chi connectivity index (χ1n) is 9.38. The van der Waals surface area contributed by atoms with Crippen LogP contribution in [-0.2, 0) is 16.0 Å². The highest BCUT2D eigenvalue weighted by atomic mass is 16.6. The summed E-state index contributed by atoms with van der Waals surface area (Å²) >= 11 is 0. The first-order valence-corrected chi connectivity index (χ1v) is 9.38. The maximum Gasteiger partial charge on any atom is 0.416 e. The summed E-state index contributed by atoms with van der Waals surface area (Å²) in [6.07, 6.45) is 1.59. The second kappa shape index (κ2) is 9.26. The minimum Gasteiger partial charge on any atom is -0.496 e. The molecule has 28 heavy (non-hydrogen) atoms. The molecular weight excluding hydrogens is 358 g/mol. The number of cyclic esters (lactones) is 1. The van der Waals surface area contributed by atoms with Crippen LogP contribution in [-0.4, -0.2) is 44.3 Å². The van der Waals surface area contributed by atoms with Crippen LogP contribution in [0.2, 0.25) is 0 Å². The van der Waals surface area contributed by atoms with E-state index in [9.17, 15) is 9.59 Å². The Hall–Kier alpha value is -3.02. The van der Waals surface area contributed by atoms with E-state index in [-0.39, 0.29) is 19.1 Å². The Morgan fingerprint density at radius 1 is 1.07 bits per heavy atom. The van der Waals surface area contributed by atoms with E-state index in [0.717, 1.165) is 12.8 Å². The van der Waals surface area contributed by atoms with Gasteiger partial charge in [0, 0.05) is 5.56 Å². The van der Waals surface area contributed by atoms with Gasteiger partial charge in [-0.2, -0.15) is 0 Å². The monoisotopic (exact) mass is 383 g/mol. The number of carbonyl (C=O) groups excluding carboxylic acids is 2. The normalized spacial score (nSPS) is 14.5. The minimum atomic E-state index is -0.591. The number of hydrogen-bond donors (Lipinski definition) is 0. The van der Waals surface area contributed by atoms with E-state index in [2.05, 4.69) is 12.1 Å². The quantitative estimate of drug-likeness (QED) is 0.694. The van der Waals surface area contributed by atoms with Crippen molar-refractivity contribution in [2.75, 3.05) is 27.4 Å². The Morgan fingerprint density at radius 2 is 1.75 bits per heavy atom. The van der Waals surface area contributed by atoms with Gasteiger partial charge in [0.1, 0.15) is 18.1 Å². The highest BCUT2D eigenvalue weighted by molar-refractivity contribution is 5.97. The Labute approximate surface area is 165 Å². The highest BCUT2D eigenvalue weighted by Crippen LogP contribution is 2.39. The predicted molar refractivity (Wildman–Crippen MR) is 105 cm³/mol. The van der Waals surface area contributed by atoms with Crippen LogP contribution in [0.1, 0.15) is 29.9 Å². The number of hydrogen-bond acceptors (Lipinski definition) is 5. The molecule has 0 N–H and O–H groups in total. The van der Waals surface area contributed by atoms with Gasteiger partial charge in [-0.3, -0.25) is 4.79 Å². The Kier molecular flexibility index (Phi) is 6.53. The van der Waals surface area contributed by atoms with Gasteiger partial charge in [-0.05, 0) is 37.0 Å². The van der Waals surface area contributed by atoms with Crippen LogP contribution >= 0.6 is 0 Å². The second-order valence-corrected chi connectivity index (χ2v) is 6.61. The fourth-order valence-corrected chi connectivity index (χ4v) is 3.55. The summed E-state index contributed by atoms with van der Waals surface area (Å²) in [5.41, 5.74) is 1.88. The number of amides is 2. The van der Waals surface area contributed by atoms with E-state index in [4.69, 9.17) is 14.2 Å². The fourth-order valence-electron chi connectivity index (χ4n) is 3.55. The molecule has 6 heteroatoms. The average molecular weight is 383 g/mol. The van der Waals surface area contributed by atoms with Crippen LogP contribution in [0.5, 0.6) is 11.5 Å². The van der Waals surface area contributed by atoms with Gasteiger partial charge in [-0.15, -0.1) is 0 Å². The summed E-state index contributed by atoms with van der Waals surface area (Å²) in [5.74, 6) is 0.314. The molecule has 1 unspecified atom stereocenters. The van der Waals surface area contributed by atoms with Gasteiger partial charge in [0.25, 0.3) is 0 Å². The molecule has 0 spiro atoms. The third-order valence-electron chi connectivity index (χ3n) is 4.94. The summed E-state index contributed by atoms with van der Waals surface area (Å²) in [6.45, 7) is 0.495. The van der Waals surface area contributed by atoms with Gasteiger partial charge in [0.05, 0.1) is 26.7 Å². The van der Waals surface area contributed by atoms with Gasteiger partial charge in [-0.1, -0.05) is 36.4 Å². The van der Waals surface area contributed by atoms with Gasteiger partial charge in [-0.25, -0.2) is 9.69 Å². The highest BCUT2D eigenvalue weighted by Gasteiger charge is 2.36. The first kappa shape index (κ1) is 19.7. The standard InChI is InChI=1S/C22H25NO5/c1-26-18-12-7-13-19(27-2)20(18)17(21(24)23-14-15-28-22(23)25)11-6-10-16-8-4-3-5-9-16/h3-5,7-9,12-13,17H,6,10-11,14-15H2,1-2H3. The van der Waals surface area contributed by atoms with E-state index < -0.39 is 12.0 Å². The zero-order chi connectivity index (χ0) is 19.9. The smallest absolute Gasteiger partial charge is 0.416 e. The van der Waals surface area contributed by atoms with Crippen molar-refractivity contribution in [3.8, 4) is 11.5 Å². The van der Waals surface area contributed by atoms with Gasteiger partial charge >= 0.3 is 6.09 Å². The molecule has 2 aromatic rings. The Bertz CT molecular complexity index is 799. The number of carbonyl (C=O) groups is 2. The van der Waals surface area contributed by atoms with Crippen LogP contribution < -0.4 is 9.47 Å². The van der Waals surface area contributed by atoms with Crippen LogP contribution in [0.15, 0.2) is 48.5 Å². The molecule has 1 saturated heterocycles. The SMILES string of the molecule is COc1cccc(OC)c1C(CCCc1ccccc1)C(=O)N1CCOC1=O. The zero-order valence-corrected chi connectivity index (χ0v) is 16.2. The second-order valence-electron chi connectivity index (χ2n) is 6.61. The van der Waals surface area contributed by atoms with Crippen LogP contribution in [0, 0.1) is 0 Å². The zero-order valence-electron chi connectivity index (χ0n) is 16.2. The molecular formula is C22H25NO5. The van der Waals surface area contributed by atoms with Crippen molar-refractivity contribution < 1.29 is 23.8 Å². The molecule has 0 saturated carbocycles. The van der Waals surface area contributed by atoms with Crippen LogP contribution in [0.3, 0.4) is 0 Å². The van der Waals surface area contributed by atoms with Crippen molar-refractivity contribution in [2.45, 2.75) is 25.2 Å². The average Bonchev–Trinajstić information content (AvgIpc) is 3.17. The van der Waals surface area contributed by atoms with E-state index in [0.29, 0.717) is 23.5 Å². The molecule has 0 radical (unpaired) electrons. The molecule has 1 atom stereocenters. The molecule has 2 aromatic carbocycles. The van der Waals surface area contributed by atoms with E-state index in [1.807, 2.05) is 24.3 Å². The maximum absolute atomic E-state index is 13.2. The van der Waals surface area contributed by atoms with Gasteiger partial charge in [0.2, 0.25) is 5.91 Å². The molecule has 0 aromatic heterocycles. The first-order chi connectivity index (χ1) is 13.7. The number of rotatable bonds is 8. The number of nitrogens with zero attached hydrogens (tertiary/aromatic N) is 1. The molecule has 148 valence electrons. The summed E-state index contributed by atoms with van der Waals surface area (Å²) in [5, 5.41) is 0. The molecule has 1 heterocycles. The number of benzene rings is 2. The summed E-state index contributed by atoms with van der Waals surface area (Å²) in [7, 11) is 3.13. The lowest BCUT2D eigenvalue weighted by Gasteiger charge is -2.24. The topological polar surface area (TPSA) is 65.1 Å². The van der Waals surface area contributed by atoms with Crippen LogP contribution in [0.25, 0.3) is 0 Å². The molecule has 2 amide bonds. The van der Waals surface area contributed by atoms with Crippen molar-refractivity contribution >= 4 is 12.0 Å². The van der Waals surface area contributed by atoms with Gasteiger partial charge < -0.3 is 14.2 Å². The van der Waals surface area contributed by atoms with Gasteiger partial charge in [0.15, 0.2) is 0 Å². The molecule has 3 rings (SSSR count). The number of imide groups is 1. The molecule has 1 fully saturated rings. The summed E-state index contributed by atoms with van der Waals surface area (Å²) in [4.78, 5) is 26.4. The Morgan fingerprint density at radius 3 is 2.32 bits per heavy atom.